The molecule has 138 valence electrons. The lowest BCUT2D eigenvalue weighted by atomic mass is 10.1. The maximum absolute atomic E-state index is 12.4. The van der Waals surface area contributed by atoms with Crippen LogP contribution in [0.15, 0.2) is 42.6 Å². The number of amides is 2. The highest BCUT2D eigenvalue weighted by molar-refractivity contribution is 14.1. The van der Waals surface area contributed by atoms with E-state index >= 15 is 0 Å². The van der Waals surface area contributed by atoms with E-state index in [2.05, 4.69) is 33.4 Å². The summed E-state index contributed by atoms with van der Waals surface area (Å²) >= 11 is 2.20. The van der Waals surface area contributed by atoms with Gasteiger partial charge in [-0.25, -0.2) is 8.42 Å². The summed E-state index contributed by atoms with van der Waals surface area (Å²) in [5.41, 5.74) is 5.99. The molecule has 1 aromatic carbocycles. The van der Waals surface area contributed by atoms with E-state index in [0.717, 1.165) is 9.26 Å². The van der Waals surface area contributed by atoms with Crippen molar-refractivity contribution in [2.75, 3.05) is 11.5 Å². The predicted octanol–water partition coefficient (Wildman–Crippen LogP) is 1.67. The van der Waals surface area contributed by atoms with Crippen LogP contribution in [0.1, 0.15) is 23.3 Å². The summed E-state index contributed by atoms with van der Waals surface area (Å²) in [7, 11) is -3.02. The Labute approximate surface area is 165 Å². The third kappa shape index (κ3) is 4.64. The van der Waals surface area contributed by atoms with Crippen molar-refractivity contribution in [1.29, 1.82) is 0 Å². The smallest absolute Gasteiger partial charge is 0.286 e. The predicted molar refractivity (Wildman–Crippen MR) is 105 cm³/mol. The quantitative estimate of drug-likeness (QED) is 0.507. The molecular weight excluding hydrogens is 469 g/mol. The van der Waals surface area contributed by atoms with Gasteiger partial charge in [-0.15, -0.1) is 0 Å². The monoisotopic (exact) mass is 487 g/mol. The van der Waals surface area contributed by atoms with Gasteiger partial charge in [0.1, 0.15) is 5.69 Å². The van der Waals surface area contributed by atoms with Gasteiger partial charge in [0, 0.05) is 21.9 Å². The molecule has 2 N–H and O–H groups in total. The van der Waals surface area contributed by atoms with E-state index in [1.807, 2.05) is 24.3 Å². The summed E-state index contributed by atoms with van der Waals surface area (Å²) in [4.78, 5) is 24.3. The Morgan fingerprint density at radius 3 is 2.69 bits per heavy atom. The molecular formula is C17H18IN3O4S. The van der Waals surface area contributed by atoms with Crippen LogP contribution in [0.25, 0.3) is 5.69 Å². The van der Waals surface area contributed by atoms with Crippen molar-refractivity contribution < 1.29 is 18.0 Å². The molecule has 0 spiro atoms. The summed E-state index contributed by atoms with van der Waals surface area (Å²) in [6, 6.07) is 11.1. The van der Waals surface area contributed by atoms with Gasteiger partial charge in [0.05, 0.1) is 11.5 Å². The van der Waals surface area contributed by atoms with Crippen LogP contribution in [0.5, 0.6) is 0 Å². The lowest BCUT2D eigenvalue weighted by Gasteiger charge is -2.12. The SMILES string of the molecule is O=C(CC1CCS(=O)(=O)C1)NNC(=O)c1cccn1-c1cccc(I)c1. The lowest BCUT2D eigenvalue weighted by molar-refractivity contribution is -0.122. The molecule has 1 aliphatic rings. The maximum Gasteiger partial charge on any atom is 0.286 e. The Kier molecular flexibility index (Phi) is 5.66. The Morgan fingerprint density at radius 2 is 2.00 bits per heavy atom. The third-order valence-corrected chi connectivity index (χ3v) is 6.69. The van der Waals surface area contributed by atoms with Gasteiger partial charge in [0.2, 0.25) is 5.91 Å². The van der Waals surface area contributed by atoms with Crippen molar-refractivity contribution in [2.45, 2.75) is 12.8 Å². The van der Waals surface area contributed by atoms with E-state index in [9.17, 15) is 18.0 Å². The number of rotatable bonds is 4. The van der Waals surface area contributed by atoms with Gasteiger partial charge >= 0.3 is 0 Å². The Morgan fingerprint density at radius 1 is 1.19 bits per heavy atom. The highest BCUT2D eigenvalue weighted by atomic mass is 127. The van der Waals surface area contributed by atoms with E-state index in [0.29, 0.717) is 12.1 Å². The standard InChI is InChI=1S/C17H18IN3O4S/c18-13-3-1-4-14(10-13)21-7-2-5-15(21)17(23)20-19-16(22)9-12-6-8-26(24,25)11-12/h1-5,7,10,12H,6,8-9,11H2,(H,19,22)(H,20,23). The van der Waals surface area contributed by atoms with Crippen LogP contribution in [-0.4, -0.2) is 36.3 Å². The van der Waals surface area contributed by atoms with Crippen molar-refractivity contribution in [1.82, 2.24) is 15.4 Å². The number of hydrogen-bond donors (Lipinski definition) is 2. The van der Waals surface area contributed by atoms with Gasteiger partial charge in [-0.3, -0.25) is 20.4 Å². The first-order valence-corrected chi connectivity index (χ1v) is 11.0. The largest absolute Gasteiger partial charge is 0.312 e. The first-order chi connectivity index (χ1) is 12.3. The molecule has 2 aromatic rings. The fraction of sp³-hybridized carbons (Fsp3) is 0.294. The second-order valence-corrected chi connectivity index (χ2v) is 9.69. The summed E-state index contributed by atoms with van der Waals surface area (Å²) in [6.07, 6.45) is 2.34. The van der Waals surface area contributed by atoms with Crippen LogP contribution in [-0.2, 0) is 14.6 Å². The van der Waals surface area contributed by atoms with E-state index < -0.39 is 21.7 Å². The number of carbonyl (C=O) groups excluding carboxylic acids is 2. The molecule has 3 rings (SSSR count). The summed E-state index contributed by atoms with van der Waals surface area (Å²) in [5.74, 6) is -0.869. The van der Waals surface area contributed by atoms with E-state index in [1.54, 1.807) is 22.9 Å². The fourth-order valence-electron chi connectivity index (χ4n) is 2.95. The molecule has 9 heteroatoms. The topological polar surface area (TPSA) is 97.3 Å². The molecule has 0 aliphatic carbocycles. The van der Waals surface area contributed by atoms with Gasteiger partial charge in [-0.1, -0.05) is 6.07 Å². The number of benzene rings is 1. The third-order valence-electron chi connectivity index (χ3n) is 4.18. The minimum Gasteiger partial charge on any atom is -0.312 e. The molecule has 0 saturated carbocycles. The minimum absolute atomic E-state index is 0.0316. The number of nitrogens with one attached hydrogen (secondary N) is 2. The number of sulfone groups is 1. The molecule has 1 atom stereocenters. The summed E-state index contributed by atoms with van der Waals surface area (Å²) in [5, 5.41) is 0. The van der Waals surface area contributed by atoms with E-state index in [-0.39, 0.29) is 23.8 Å². The van der Waals surface area contributed by atoms with Crippen LogP contribution < -0.4 is 10.9 Å². The highest BCUT2D eigenvalue weighted by Crippen LogP contribution is 2.21. The van der Waals surface area contributed by atoms with Crippen LogP contribution >= 0.6 is 22.6 Å². The normalized spacial score (nSPS) is 18.4. The molecule has 26 heavy (non-hydrogen) atoms. The number of hydrogen-bond acceptors (Lipinski definition) is 4. The highest BCUT2D eigenvalue weighted by Gasteiger charge is 2.29. The van der Waals surface area contributed by atoms with Gasteiger partial charge < -0.3 is 4.57 Å². The number of halogens is 1. The Hall–Kier alpha value is -1.88. The van der Waals surface area contributed by atoms with E-state index in [1.165, 1.54) is 0 Å². The number of hydrazine groups is 1. The molecule has 7 nitrogen and oxygen atoms in total. The zero-order chi connectivity index (χ0) is 18.7. The molecule has 1 aromatic heterocycles. The van der Waals surface area contributed by atoms with Crippen molar-refractivity contribution >= 4 is 44.2 Å². The van der Waals surface area contributed by atoms with E-state index in [4.69, 9.17) is 0 Å². The van der Waals surface area contributed by atoms with Crippen molar-refractivity contribution in [3.05, 3.63) is 51.9 Å². The number of carbonyl (C=O) groups is 2. The number of aromatic nitrogens is 1. The molecule has 1 aliphatic heterocycles. The van der Waals surface area contributed by atoms with Crippen LogP contribution in [0.2, 0.25) is 0 Å². The average molecular weight is 487 g/mol. The van der Waals surface area contributed by atoms with Gasteiger partial charge in [-0.05, 0) is 65.3 Å². The van der Waals surface area contributed by atoms with Crippen LogP contribution in [0.3, 0.4) is 0 Å². The molecule has 0 radical (unpaired) electrons. The first kappa shape index (κ1) is 18.9. The zero-order valence-electron chi connectivity index (χ0n) is 13.8. The van der Waals surface area contributed by atoms with Crippen LogP contribution in [0.4, 0.5) is 0 Å². The second kappa shape index (κ2) is 7.78. The molecule has 2 amide bonds. The zero-order valence-corrected chi connectivity index (χ0v) is 16.8. The Balaban J connectivity index is 1.59. The molecule has 0 bridgehead atoms. The second-order valence-electron chi connectivity index (χ2n) is 6.22. The summed E-state index contributed by atoms with van der Waals surface area (Å²) in [6.45, 7) is 0. The lowest BCUT2D eigenvalue weighted by Crippen LogP contribution is -2.42. The van der Waals surface area contributed by atoms with Gasteiger partial charge in [0.25, 0.3) is 5.91 Å². The Bertz CT molecular complexity index is 939. The average Bonchev–Trinajstić information content (AvgIpc) is 3.19. The van der Waals surface area contributed by atoms with Crippen molar-refractivity contribution in [2.24, 2.45) is 5.92 Å². The van der Waals surface area contributed by atoms with Crippen LogP contribution in [0, 0.1) is 9.49 Å². The molecule has 1 saturated heterocycles. The fourth-order valence-corrected chi connectivity index (χ4v) is 5.34. The molecule has 1 unspecified atom stereocenters. The van der Waals surface area contributed by atoms with Gasteiger partial charge in [-0.2, -0.15) is 0 Å². The molecule has 1 fully saturated rings. The number of nitrogens with zero attached hydrogens (tertiary/aromatic N) is 1. The summed E-state index contributed by atoms with van der Waals surface area (Å²) < 4.78 is 25.6. The maximum atomic E-state index is 12.4. The minimum atomic E-state index is -3.02. The van der Waals surface area contributed by atoms with Crippen molar-refractivity contribution in [3.63, 3.8) is 0 Å². The first-order valence-electron chi connectivity index (χ1n) is 8.07. The van der Waals surface area contributed by atoms with Gasteiger partial charge in [0.15, 0.2) is 9.84 Å². The van der Waals surface area contributed by atoms with Crippen molar-refractivity contribution in [3.8, 4) is 5.69 Å². The molecule has 2 heterocycles.